The van der Waals surface area contributed by atoms with Crippen LogP contribution in [0.3, 0.4) is 0 Å². The van der Waals surface area contributed by atoms with E-state index in [4.69, 9.17) is 4.42 Å². The molecule has 3 rings (SSSR count). The summed E-state index contributed by atoms with van der Waals surface area (Å²) in [7, 11) is -3.77. The number of sulfonamides is 1. The van der Waals surface area contributed by atoms with Crippen LogP contribution in [0.25, 0.3) is 0 Å². The van der Waals surface area contributed by atoms with Crippen LogP contribution in [-0.4, -0.2) is 35.9 Å². The summed E-state index contributed by atoms with van der Waals surface area (Å²) < 4.78 is 32.2. The number of carboxylic acids is 1. The van der Waals surface area contributed by atoms with Crippen molar-refractivity contribution < 1.29 is 22.7 Å². The van der Waals surface area contributed by atoms with Gasteiger partial charge in [0.15, 0.2) is 0 Å². The quantitative estimate of drug-likeness (QED) is 0.922. The fraction of sp³-hybridized carbons (Fsp3) is 0.643. The number of hydrogen-bond acceptors (Lipinski definition) is 4. The number of aryl methyl sites for hydroxylation is 1. The van der Waals surface area contributed by atoms with Crippen LogP contribution in [0.2, 0.25) is 0 Å². The van der Waals surface area contributed by atoms with Gasteiger partial charge in [0.2, 0.25) is 5.09 Å². The average Bonchev–Trinajstić information content (AvgIpc) is 2.83. The highest BCUT2D eigenvalue weighted by Crippen LogP contribution is 2.48. The molecule has 1 saturated carbocycles. The molecule has 1 aromatic heterocycles. The zero-order valence-corrected chi connectivity index (χ0v) is 12.7. The van der Waals surface area contributed by atoms with Crippen LogP contribution in [0.15, 0.2) is 21.8 Å². The molecule has 0 amide bonds. The van der Waals surface area contributed by atoms with E-state index in [1.54, 1.807) is 6.92 Å². The summed E-state index contributed by atoms with van der Waals surface area (Å²) in [5, 5.41) is 9.13. The van der Waals surface area contributed by atoms with Crippen LogP contribution in [0.5, 0.6) is 0 Å². The van der Waals surface area contributed by atoms with Gasteiger partial charge in [0, 0.05) is 18.2 Å². The molecule has 1 aromatic rings. The van der Waals surface area contributed by atoms with E-state index in [-0.39, 0.29) is 11.6 Å². The Morgan fingerprint density at radius 3 is 2.62 bits per heavy atom. The zero-order chi connectivity index (χ0) is 15.3. The number of hydrogen-bond donors (Lipinski definition) is 1. The summed E-state index contributed by atoms with van der Waals surface area (Å²) in [4.78, 5) is 11.2. The molecular formula is C14H19NO5S. The van der Waals surface area contributed by atoms with Gasteiger partial charge in [0.1, 0.15) is 0 Å². The molecule has 7 heteroatoms. The Balaban J connectivity index is 1.97. The molecule has 116 valence electrons. The molecule has 2 fully saturated rings. The minimum atomic E-state index is -3.77. The molecule has 1 saturated heterocycles. The normalized spacial score (nSPS) is 25.7. The smallest absolute Gasteiger partial charge is 0.307 e. The molecule has 0 radical (unpaired) electrons. The van der Waals surface area contributed by atoms with Crippen LogP contribution in [0.4, 0.5) is 0 Å². The fourth-order valence-corrected chi connectivity index (χ4v) is 5.22. The summed E-state index contributed by atoms with van der Waals surface area (Å²) >= 11 is 0. The number of aliphatic carboxylic acids is 1. The number of piperidine rings is 1. The molecule has 6 nitrogen and oxygen atoms in total. The van der Waals surface area contributed by atoms with E-state index >= 15 is 0 Å². The SMILES string of the molecule is Cc1coc(S(=O)(=O)N2CC(C(=O)O)CCC23CCC3)c1. The lowest BCUT2D eigenvalue weighted by Gasteiger charge is -2.52. The predicted octanol–water partition coefficient (Wildman–Crippen LogP) is 2.00. The van der Waals surface area contributed by atoms with Crippen molar-refractivity contribution in [2.45, 2.75) is 49.7 Å². The van der Waals surface area contributed by atoms with Gasteiger partial charge in [-0.25, -0.2) is 8.42 Å². The van der Waals surface area contributed by atoms with Gasteiger partial charge in [0.05, 0.1) is 12.2 Å². The first-order chi connectivity index (χ1) is 9.85. The Hall–Kier alpha value is -1.34. The van der Waals surface area contributed by atoms with E-state index in [2.05, 4.69) is 0 Å². The predicted molar refractivity (Wildman–Crippen MR) is 74.3 cm³/mol. The van der Waals surface area contributed by atoms with Gasteiger partial charge in [-0.3, -0.25) is 4.79 Å². The molecule has 1 spiro atoms. The third kappa shape index (κ3) is 2.28. The molecule has 1 atom stereocenters. The molecule has 1 aliphatic heterocycles. The van der Waals surface area contributed by atoms with E-state index in [9.17, 15) is 18.3 Å². The Morgan fingerprint density at radius 2 is 2.14 bits per heavy atom. The summed E-state index contributed by atoms with van der Waals surface area (Å²) in [6.07, 6.45) is 5.15. The largest absolute Gasteiger partial charge is 0.481 e. The second kappa shape index (κ2) is 4.84. The van der Waals surface area contributed by atoms with Crippen molar-refractivity contribution in [3.05, 3.63) is 17.9 Å². The highest BCUT2D eigenvalue weighted by atomic mass is 32.2. The van der Waals surface area contributed by atoms with Crippen LogP contribution < -0.4 is 0 Å². The van der Waals surface area contributed by atoms with Crippen LogP contribution >= 0.6 is 0 Å². The molecule has 0 bridgehead atoms. The van der Waals surface area contributed by atoms with E-state index in [1.165, 1.54) is 16.6 Å². The number of carboxylic acid groups (broad SMARTS) is 1. The Bertz CT molecular complexity index is 659. The van der Waals surface area contributed by atoms with Crippen molar-refractivity contribution in [1.82, 2.24) is 4.31 Å². The van der Waals surface area contributed by atoms with Gasteiger partial charge >= 0.3 is 5.97 Å². The summed E-state index contributed by atoms with van der Waals surface area (Å²) in [6.45, 7) is 1.80. The van der Waals surface area contributed by atoms with Gasteiger partial charge < -0.3 is 9.52 Å². The third-order valence-corrected chi connectivity index (χ3v) is 6.60. The molecule has 1 N–H and O–H groups in total. The zero-order valence-electron chi connectivity index (χ0n) is 11.9. The molecule has 0 aromatic carbocycles. The lowest BCUT2D eigenvalue weighted by molar-refractivity contribution is -0.144. The maximum atomic E-state index is 12.8. The van der Waals surface area contributed by atoms with Gasteiger partial charge in [-0.2, -0.15) is 4.31 Å². The molecule has 2 heterocycles. The van der Waals surface area contributed by atoms with Crippen molar-refractivity contribution in [2.75, 3.05) is 6.54 Å². The Kier molecular flexibility index (Phi) is 3.37. The van der Waals surface area contributed by atoms with Gasteiger partial charge in [0.25, 0.3) is 10.0 Å². The minimum absolute atomic E-state index is 0.0391. The maximum absolute atomic E-state index is 12.8. The monoisotopic (exact) mass is 313 g/mol. The molecule has 21 heavy (non-hydrogen) atoms. The van der Waals surface area contributed by atoms with Crippen molar-refractivity contribution >= 4 is 16.0 Å². The number of furan rings is 1. The van der Waals surface area contributed by atoms with Gasteiger partial charge in [-0.1, -0.05) is 0 Å². The van der Waals surface area contributed by atoms with E-state index < -0.39 is 27.4 Å². The van der Waals surface area contributed by atoms with Crippen molar-refractivity contribution in [1.29, 1.82) is 0 Å². The summed E-state index contributed by atoms with van der Waals surface area (Å²) in [6, 6.07) is 1.49. The minimum Gasteiger partial charge on any atom is -0.481 e. The summed E-state index contributed by atoms with van der Waals surface area (Å²) in [5.41, 5.74) is 0.342. The highest BCUT2D eigenvalue weighted by molar-refractivity contribution is 7.89. The molecule has 2 aliphatic rings. The Morgan fingerprint density at radius 1 is 1.43 bits per heavy atom. The Labute approximate surface area is 123 Å². The number of carbonyl (C=O) groups is 1. The number of nitrogens with zero attached hydrogens (tertiary/aromatic N) is 1. The first-order valence-electron chi connectivity index (χ1n) is 7.16. The standard InChI is InChI=1S/C14H19NO5S/c1-10-7-12(20-9-10)21(18,19)15-8-11(13(16)17)3-6-14(15)4-2-5-14/h7,9,11H,2-6,8H2,1H3,(H,16,17). The highest BCUT2D eigenvalue weighted by Gasteiger charge is 2.53. The number of rotatable bonds is 3. The second-order valence-corrected chi connectivity index (χ2v) is 7.92. The maximum Gasteiger partial charge on any atom is 0.307 e. The van der Waals surface area contributed by atoms with Crippen molar-refractivity contribution in [3.8, 4) is 0 Å². The first kappa shape index (κ1) is 14.6. The average molecular weight is 313 g/mol. The molecular weight excluding hydrogens is 294 g/mol. The van der Waals surface area contributed by atoms with Crippen molar-refractivity contribution in [2.24, 2.45) is 5.92 Å². The lowest BCUT2D eigenvalue weighted by atomic mass is 9.70. The van der Waals surface area contributed by atoms with Crippen LogP contribution in [-0.2, 0) is 14.8 Å². The van der Waals surface area contributed by atoms with Crippen molar-refractivity contribution in [3.63, 3.8) is 0 Å². The third-order valence-electron chi connectivity index (χ3n) is 4.76. The molecule has 1 aliphatic carbocycles. The summed E-state index contributed by atoms with van der Waals surface area (Å²) in [5.74, 6) is -1.57. The fourth-order valence-electron chi connectivity index (χ4n) is 3.34. The van der Waals surface area contributed by atoms with E-state index in [0.29, 0.717) is 12.8 Å². The van der Waals surface area contributed by atoms with E-state index in [0.717, 1.165) is 24.8 Å². The van der Waals surface area contributed by atoms with Gasteiger partial charge in [-0.05, 0) is 44.6 Å². The topological polar surface area (TPSA) is 87.8 Å². The first-order valence-corrected chi connectivity index (χ1v) is 8.60. The van der Waals surface area contributed by atoms with Crippen LogP contribution in [0, 0.1) is 12.8 Å². The second-order valence-electron chi connectivity index (χ2n) is 6.13. The molecule has 1 unspecified atom stereocenters. The lowest BCUT2D eigenvalue weighted by Crippen LogP contribution is -2.60. The van der Waals surface area contributed by atoms with Gasteiger partial charge in [-0.15, -0.1) is 0 Å². The van der Waals surface area contributed by atoms with E-state index in [1.807, 2.05) is 0 Å². The van der Waals surface area contributed by atoms with Crippen LogP contribution in [0.1, 0.15) is 37.7 Å².